The van der Waals surface area contributed by atoms with E-state index in [4.69, 9.17) is 15.9 Å². The minimum absolute atomic E-state index is 0.336. The summed E-state index contributed by atoms with van der Waals surface area (Å²) < 4.78 is 10.3. The lowest BCUT2D eigenvalue weighted by atomic mass is 10.2. The number of amides is 2. The van der Waals surface area contributed by atoms with E-state index in [-0.39, 0.29) is 6.03 Å². The maximum absolute atomic E-state index is 11.6. The second-order valence-electron chi connectivity index (χ2n) is 3.38. The number of terminal acetylenes is 1. The van der Waals surface area contributed by atoms with Gasteiger partial charge in [0.15, 0.2) is 11.5 Å². The van der Waals surface area contributed by atoms with Gasteiger partial charge in [-0.3, -0.25) is 0 Å². The first-order chi connectivity index (χ1) is 8.72. The van der Waals surface area contributed by atoms with E-state index in [1.54, 1.807) is 18.2 Å². The number of nitrogens with one attached hydrogen (secondary N) is 2. The van der Waals surface area contributed by atoms with Gasteiger partial charge in [0, 0.05) is 13.0 Å². The zero-order valence-corrected chi connectivity index (χ0v) is 10.4. The van der Waals surface area contributed by atoms with Gasteiger partial charge in [0.1, 0.15) is 0 Å². The fraction of sp³-hybridized carbons (Fsp3) is 0.308. The molecular weight excluding hydrogens is 232 g/mol. The molecule has 0 aliphatic rings. The Balaban J connectivity index is 2.72. The number of carbonyl (C=O) groups excluding carboxylic acids is 1. The zero-order valence-electron chi connectivity index (χ0n) is 10.4. The van der Waals surface area contributed by atoms with Crippen LogP contribution in [0, 0.1) is 12.3 Å². The third-order valence-electron chi connectivity index (χ3n) is 2.21. The van der Waals surface area contributed by atoms with Crippen molar-refractivity contribution in [2.24, 2.45) is 0 Å². The maximum atomic E-state index is 11.6. The lowest BCUT2D eigenvalue weighted by Gasteiger charge is -2.13. The fourth-order valence-corrected chi connectivity index (χ4v) is 1.40. The quantitative estimate of drug-likeness (QED) is 0.617. The maximum Gasteiger partial charge on any atom is 0.319 e. The predicted octanol–water partition coefficient (Wildman–Crippen LogP) is 1.85. The fourth-order valence-electron chi connectivity index (χ4n) is 1.40. The van der Waals surface area contributed by atoms with Gasteiger partial charge in [-0.05, 0) is 12.1 Å². The van der Waals surface area contributed by atoms with Crippen LogP contribution in [0.15, 0.2) is 18.2 Å². The summed E-state index contributed by atoms with van der Waals surface area (Å²) in [5.74, 6) is 3.47. The van der Waals surface area contributed by atoms with E-state index in [1.165, 1.54) is 14.2 Å². The van der Waals surface area contributed by atoms with Gasteiger partial charge in [-0.25, -0.2) is 4.79 Å². The van der Waals surface area contributed by atoms with Crippen molar-refractivity contribution < 1.29 is 14.3 Å². The molecule has 0 saturated carbocycles. The molecular formula is C13H16N2O3. The smallest absolute Gasteiger partial charge is 0.319 e. The summed E-state index contributed by atoms with van der Waals surface area (Å²) in [7, 11) is 3.05. The van der Waals surface area contributed by atoms with Crippen LogP contribution in [0.4, 0.5) is 10.5 Å². The normalized spacial score (nSPS) is 9.17. The van der Waals surface area contributed by atoms with Gasteiger partial charge in [0.25, 0.3) is 0 Å². The third kappa shape index (κ3) is 3.59. The van der Waals surface area contributed by atoms with Crippen LogP contribution in [-0.4, -0.2) is 26.8 Å². The van der Waals surface area contributed by atoms with Crippen LogP contribution in [0.25, 0.3) is 0 Å². The zero-order chi connectivity index (χ0) is 13.4. The minimum atomic E-state index is -0.336. The van der Waals surface area contributed by atoms with Gasteiger partial charge in [0.2, 0.25) is 0 Å². The van der Waals surface area contributed by atoms with Gasteiger partial charge < -0.3 is 20.1 Å². The van der Waals surface area contributed by atoms with Crippen molar-refractivity contribution in [2.75, 3.05) is 26.1 Å². The van der Waals surface area contributed by atoms with E-state index in [2.05, 4.69) is 16.6 Å². The van der Waals surface area contributed by atoms with Crippen LogP contribution < -0.4 is 20.1 Å². The molecule has 0 unspecified atom stereocenters. The second-order valence-corrected chi connectivity index (χ2v) is 3.38. The molecule has 0 saturated heterocycles. The van der Waals surface area contributed by atoms with Crippen LogP contribution in [0.5, 0.6) is 11.5 Å². The Morgan fingerprint density at radius 1 is 1.39 bits per heavy atom. The summed E-state index contributed by atoms with van der Waals surface area (Å²) in [6.07, 6.45) is 5.58. The Kier molecular flexibility index (Phi) is 5.39. The number of urea groups is 1. The van der Waals surface area contributed by atoms with Crippen LogP contribution in [0.1, 0.15) is 6.42 Å². The van der Waals surface area contributed by atoms with Gasteiger partial charge in [-0.1, -0.05) is 6.07 Å². The molecule has 0 heterocycles. The molecule has 0 radical (unpaired) electrons. The molecule has 0 bridgehead atoms. The first-order valence-corrected chi connectivity index (χ1v) is 5.42. The Morgan fingerprint density at radius 3 is 2.78 bits per heavy atom. The summed E-state index contributed by atoms with van der Waals surface area (Å²) in [5, 5.41) is 5.30. The third-order valence-corrected chi connectivity index (χ3v) is 2.21. The second kappa shape index (κ2) is 7.07. The van der Waals surface area contributed by atoms with E-state index >= 15 is 0 Å². The van der Waals surface area contributed by atoms with E-state index < -0.39 is 0 Å². The number of anilines is 1. The van der Waals surface area contributed by atoms with Crippen molar-refractivity contribution >= 4 is 11.7 Å². The molecule has 2 N–H and O–H groups in total. The lowest BCUT2D eigenvalue weighted by molar-refractivity contribution is 0.252. The number of hydrogen-bond donors (Lipinski definition) is 2. The number of carbonyl (C=O) groups is 1. The highest BCUT2D eigenvalue weighted by Crippen LogP contribution is 2.34. The van der Waals surface area contributed by atoms with Crippen molar-refractivity contribution in [1.29, 1.82) is 0 Å². The molecule has 0 atom stereocenters. The Morgan fingerprint density at radius 2 is 2.17 bits per heavy atom. The molecule has 1 aromatic carbocycles. The Labute approximate surface area is 106 Å². The van der Waals surface area contributed by atoms with Gasteiger partial charge in [-0.2, -0.15) is 0 Å². The molecule has 0 aromatic heterocycles. The van der Waals surface area contributed by atoms with Crippen LogP contribution in [0.2, 0.25) is 0 Å². The van der Waals surface area contributed by atoms with Crippen molar-refractivity contribution in [1.82, 2.24) is 5.32 Å². The molecule has 0 aliphatic heterocycles. The molecule has 1 rings (SSSR count). The average Bonchev–Trinajstić information content (AvgIpc) is 2.38. The van der Waals surface area contributed by atoms with Crippen molar-refractivity contribution in [3.63, 3.8) is 0 Å². The Hall–Kier alpha value is -2.35. The average molecular weight is 248 g/mol. The van der Waals surface area contributed by atoms with Crippen molar-refractivity contribution in [3.05, 3.63) is 18.2 Å². The summed E-state index contributed by atoms with van der Waals surface area (Å²) in [4.78, 5) is 11.6. The highest BCUT2D eigenvalue weighted by Gasteiger charge is 2.11. The predicted molar refractivity (Wildman–Crippen MR) is 70.0 cm³/mol. The van der Waals surface area contributed by atoms with Crippen molar-refractivity contribution in [2.45, 2.75) is 6.42 Å². The van der Waals surface area contributed by atoms with Gasteiger partial charge >= 0.3 is 6.03 Å². The topological polar surface area (TPSA) is 59.6 Å². The minimum Gasteiger partial charge on any atom is -0.493 e. The molecule has 0 aliphatic carbocycles. The molecule has 18 heavy (non-hydrogen) atoms. The SMILES string of the molecule is C#CCCNC(=O)Nc1cccc(OC)c1OC. The molecule has 2 amide bonds. The van der Waals surface area contributed by atoms with Crippen molar-refractivity contribution in [3.8, 4) is 23.8 Å². The van der Waals surface area contributed by atoms with Crippen LogP contribution in [0.3, 0.4) is 0 Å². The lowest BCUT2D eigenvalue weighted by Crippen LogP contribution is -2.29. The first-order valence-electron chi connectivity index (χ1n) is 5.42. The molecule has 0 spiro atoms. The van der Waals surface area contributed by atoms with Crippen LogP contribution in [-0.2, 0) is 0 Å². The van der Waals surface area contributed by atoms with E-state index in [0.717, 1.165) is 0 Å². The van der Waals surface area contributed by atoms with Crippen LogP contribution >= 0.6 is 0 Å². The molecule has 1 aromatic rings. The highest BCUT2D eigenvalue weighted by atomic mass is 16.5. The highest BCUT2D eigenvalue weighted by molar-refractivity contribution is 5.91. The number of ether oxygens (including phenoxy) is 2. The summed E-state index contributed by atoms with van der Waals surface area (Å²) in [5.41, 5.74) is 0.537. The van der Waals surface area contributed by atoms with E-state index in [9.17, 15) is 4.79 Å². The standard InChI is InChI=1S/C13H16N2O3/c1-4-5-9-14-13(16)15-10-7-6-8-11(17-2)12(10)18-3/h1,6-8H,5,9H2,2-3H3,(H2,14,15,16). The number of methoxy groups -OCH3 is 2. The summed E-state index contributed by atoms with van der Waals surface area (Å²) in [6, 6.07) is 4.90. The number of rotatable bonds is 5. The number of benzene rings is 1. The molecule has 0 fully saturated rings. The van der Waals surface area contributed by atoms with Gasteiger partial charge in [-0.15, -0.1) is 12.3 Å². The molecule has 5 nitrogen and oxygen atoms in total. The van der Waals surface area contributed by atoms with Gasteiger partial charge in [0.05, 0.1) is 19.9 Å². The summed E-state index contributed by atoms with van der Waals surface area (Å²) in [6.45, 7) is 0.425. The number of hydrogen-bond acceptors (Lipinski definition) is 3. The summed E-state index contributed by atoms with van der Waals surface area (Å²) >= 11 is 0. The monoisotopic (exact) mass is 248 g/mol. The van der Waals surface area contributed by atoms with E-state index in [0.29, 0.717) is 30.2 Å². The van der Waals surface area contributed by atoms with E-state index in [1.807, 2.05) is 0 Å². The molecule has 96 valence electrons. The Bertz CT molecular complexity index is 452. The largest absolute Gasteiger partial charge is 0.493 e. The molecule has 5 heteroatoms. The number of para-hydroxylation sites is 1. The first kappa shape index (κ1) is 13.7.